The monoisotopic (exact) mass is 331 g/mol. The molecule has 0 aromatic rings. The molecule has 7 atom stereocenters. The first-order valence-corrected chi connectivity index (χ1v) is 9.96. The van der Waals surface area contributed by atoms with Crippen molar-refractivity contribution in [2.24, 2.45) is 39.7 Å². The van der Waals surface area contributed by atoms with Crippen LogP contribution in [0.3, 0.4) is 0 Å². The summed E-state index contributed by atoms with van der Waals surface area (Å²) < 4.78 is 0. The summed E-state index contributed by atoms with van der Waals surface area (Å²) in [7, 11) is 0. The van der Waals surface area contributed by atoms with E-state index in [1.807, 2.05) is 6.92 Å². The van der Waals surface area contributed by atoms with E-state index < -0.39 is 0 Å². The van der Waals surface area contributed by atoms with E-state index in [-0.39, 0.29) is 6.10 Å². The van der Waals surface area contributed by atoms with Gasteiger partial charge in [0.15, 0.2) is 0 Å². The van der Waals surface area contributed by atoms with Crippen molar-refractivity contribution in [3.63, 3.8) is 0 Å². The van der Waals surface area contributed by atoms with Gasteiger partial charge in [0.25, 0.3) is 0 Å². The molecule has 134 valence electrons. The Bertz CT molecular complexity index is 582. The van der Waals surface area contributed by atoms with Gasteiger partial charge in [0.2, 0.25) is 0 Å². The van der Waals surface area contributed by atoms with Gasteiger partial charge < -0.3 is 10.3 Å². The van der Waals surface area contributed by atoms with Gasteiger partial charge in [-0.1, -0.05) is 30.7 Å². The molecule has 2 N–H and O–H groups in total. The number of allylic oxidation sites excluding steroid dienone is 1. The molecule has 3 saturated carbocycles. The minimum absolute atomic E-state index is 0.117. The van der Waals surface area contributed by atoms with Crippen molar-refractivity contribution in [3.8, 4) is 0 Å². The minimum Gasteiger partial charge on any atom is -0.411 e. The van der Waals surface area contributed by atoms with Crippen molar-refractivity contribution in [1.82, 2.24) is 0 Å². The number of nitrogens with zero attached hydrogens (tertiary/aromatic N) is 1. The topological polar surface area (TPSA) is 52.8 Å². The van der Waals surface area contributed by atoms with Crippen molar-refractivity contribution in [2.45, 2.75) is 78.2 Å². The molecule has 0 aromatic carbocycles. The van der Waals surface area contributed by atoms with Crippen LogP contribution >= 0.6 is 0 Å². The highest BCUT2D eigenvalue weighted by atomic mass is 16.4. The van der Waals surface area contributed by atoms with E-state index in [1.54, 1.807) is 5.57 Å². The number of fused-ring (bicyclic) bond motifs is 5. The van der Waals surface area contributed by atoms with Crippen molar-refractivity contribution in [2.75, 3.05) is 0 Å². The van der Waals surface area contributed by atoms with Gasteiger partial charge >= 0.3 is 0 Å². The Morgan fingerprint density at radius 1 is 1.12 bits per heavy atom. The predicted molar refractivity (Wildman–Crippen MR) is 96.1 cm³/mol. The maximum atomic E-state index is 10.1. The van der Waals surface area contributed by atoms with Gasteiger partial charge in [-0.2, -0.15) is 0 Å². The highest BCUT2D eigenvalue weighted by molar-refractivity contribution is 5.85. The summed E-state index contributed by atoms with van der Waals surface area (Å²) in [5.74, 6) is 2.79. The molecule has 0 bridgehead atoms. The Labute approximate surface area is 146 Å². The van der Waals surface area contributed by atoms with Crippen molar-refractivity contribution in [1.29, 1.82) is 0 Å². The lowest BCUT2D eigenvalue weighted by Gasteiger charge is -2.58. The third-order valence-corrected chi connectivity index (χ3v) is 8.74. The first kappa shape index (κ1) is 16.6. The first-order valence-electron chi connectivity index (χ1n) is 9.96. The van der Waals surface area contributed by atoms with Crippen LogP contribution in [0.5, 0.6) is 0 Å². The third-order valence-electron chi connectivity index (χ3n) is 8.74. The molecule has 0 spiro atoms. The fourth-order valence-electron chi connectivity index (χ4n) is 7.40. The Balaban J connectivity index is 1.65. The van der Waals surface area contributed by atoms with Crippen LogP contribution in [0.4, 0.5) is 0 Å². The molecule has 0 radical (unpaired) electrons. The van der Waals surface area contributed by atoms with Crippen LogP contribution in [0.2, 0.25) is 0 Å². The summed E-state index contributed by atoms with van der Waals surface area (Å²) >= 11 is 0. The van der Waals surface area contributed by atoms with E-state index in [2.05, 4.69) is 25.1 Å². The SMILES string of the molecule is C/C(=N\O)C1CCC2C3CC=C4CC(O)CCC4(C)C3CCC12C. The second kappa shape index (κ2) is 5.59. The van der Waals surface area contributed by atoms with Crippen LogP contribution in [0.25, 0.3) is 0 Å². The van der Waals surface area contributed by atoms with E-state index in [0.717, 1.165) is 42.7 Å². The maximum absolute atomic E-state index is 10.1. The van der Waals surface area contributed by atoms with Crippen molar-refractivity contribution >= 4 is 5.71 Å². The van der Waals surface area contributed by atoms with Gasteiger partial charge in [0.1, 0.15) is 0 Å². The average molecular weight is 332 g/mol. The Hall–Kier alpha value is -0.830. The van der Waals surface area contributed by atoms with E-state index in [4.69, 9.17) is 0 Å². The van der Waals surface area contributed by atoms with Crippen LogP contribution in [-0.2, 0) is 0 Å². The normalized spacial score (nSPS) is 51.4. The Morgan fingerprint density at radius 2 is 1.92 bits per heavy atom. The molecule has 24 heavy (non-hydrogen) atoms. The highest BCUT2D eigenvalue weighted by Gasteiger charge is 2.59. The van der Waals surface area contributed by atoms with Crippen LogP contribution in [-0.4, -0.2) is 22.1 Å². The summed E-state index contributed by atoms with van der Waals surface area (Å²) in [4.78, 5) is 0. The third kappa shape index (κ3) is 2.16. The van der Waals surface area contributed by atoms with Crippen LogP contribution < -0.4 is 0 Å². The van der Waals surface area contributed by atoms with Crippen LogP contribution in [0.15, 0.2) is 16.8 Å². The zero-order valence-corrected chi connectivity index (χ0v) is 15.5. The molecule has 0 saturated heterocycles. The lowest BCUT2D eigenvalue weighted by atomic mass is 9.47. The number of aliphatic hydroxyl groups excluding tert-OH is 1. The van der Waals surface area contributed by atoms with E-state index >= 15 is 0 Å². The smallest absolute Gasteiger partial charge is 0.0577 e. The van der Waals surface area contributed by atoms with Gasteiger partial charge in [0.05, 0.1) is 11.8 Å². The lowest BCUT2D eigenvalue weighted by molar-refractivity contribution is -0.0425. The number of oxime groups is 1. The van der Waals surface area contributed by atoms with Crippen molar-refractivity contribution in [3.05, 3.63) is 11.6 Å². The molecular weight excluding hydrogens is 298 g/mol. The van der Waals surface area contributed by atoms with Gasteiger partial charge in [0, 0.05) is 5.92 Å². The molecule has 4 aliphatic rings. The first-order chi connectivity index (χ1) is 11.4. The van der Waals surface area contributed by atoms with Gasteiger partial charge in [-0.25, -0.2) is 0 Å². The van der Waals surface area contributed by atoms with Crippen LogP contribution in [0.1, 0.15) is 72.1 Å². The molecular formula is C21H33NO2. The number of hydrogen-bond acceptors (Lipinski definition) is 3. The second-order valence-electron chi connectivity index (χ2n) is 9.57. The van der Waals surface area contributed by atoms with E-state index in [0.29, 0.717) is 16.7 Å². The maximum Gasteiger partial charge on any atom is 0.0577 e. The Morgan fingerprint density at radius 3 is 2.67 bits per heavy atom. The molecule has 0 heterocycles. The zero-order valence-electron chi connectivity index (χ0n) is 15.5. The molecule has 0 aromatic heterocycles. The molecule has 3 fully saturated rings. The molecule has 4 aliphatic carbocycles. The second-order valence-corrected chi connectivity index (χ2v) is 9.57. The van der Waals surface area contributed by atoms with Gasteiger partial charge in [-0.05, 0) is 86.9 Å². The number of aliphatic hydroxyl groups is 1. The summed E-state index contributed by atoms with van der Waals surface area (Å²) in [5, 5.41) is 23.0. The minimum atomic E-state index is -0.117. The molecule has 7 unspecified atom stereocenters. The summed E-state index contributed by atoms with van der Waals surface area (Å²) in [6.07, 6.45) is 11.7. The summed E-state index contributed by atoms with van der Waals surface area (Å²) in [6, 6.07) is 0. The fraction of sp³-hybridized carbons (Fsp3) is 0.857. The van der Waals surface area contributed by atoms with Crippen LogP contribution in [0, 0.1) is 34.5 Å². The molecule has 0 aliphatic heterocycles. The molecule has 4 rings (SSSR count). The lowest BCUT2D eigenvalue weighted by Crippen LogP contribution is -2.50. The zero-order chi connectivity index (χ0) is 17.1. The van der Waals surface area contributed by atoms with Crippen molar-refractivity contribution < 1.29 is 10.3 Å². The predicted octanol–water partition coefficient (Wildman–Crippen LogP) is 4.78. The van der Waals surface area contributed by atoms with Gasteiger partial charge in [-0.3, -0.25) is 0 Å². The highest BCUT2D eigenvalue weighted by Crippen LogP contribution is 2.66. The molecule has 0 amide bonds. The Kier molecular flexibility index (Phi) is 3.87. The summed E-state index contributed by atoms with van der Waals surface area (Å²) in [6.45, 7) is 6.95. The van der Waals surface area contributed by atoms with Gasteiger partial charge in [-0.15, -0.1) is 0 Å². The summed E-state index contributed by atoms with van der Waals surface area (Å²) in [5.41, 5.74) is 3.13. The standard InChI is InChI=1S/C21H33NO2/c1-13(22-24)17-6-7-18-16-5-4-14-12-15(23)8-10-20(14,2)19(16)9-11-21(17,18)3/h4,15-19,23-24H,5-12H2,1-3H3/b22-13+. The van der Waals surface area contributed by atoms with E-state index in [9.17, 15) is 10.3 Å². The quantitative estimate of drug-likeness (QED) is 0.314. The number of hydrogen-bond donors (Lipinski definition) is 2. The number of rotatable bonds is 1. The molecule has 3 heteroatoms. The largest absolute Gasteiger partial charge is 0.411 e. The molecule has 3 nitrogen and oxygen atoms in total. The van der Waals surface area contributed by atoms with E-state index in [1.165, 1.54) is 32.1 Å². The average Bonchev–Trinajstić information content (AvgIpc) is 2.92. The fourth-order valence-corrected chi connectivity index (χ4v) is 7.40.